The fourth-order valence-electron chi connectivity index (χ4n) is 4.51. The lowest BCUT2D eigenvalue weighted by molar-refractivity contribution is -0.185. The van der Waals surface area contributed by atoms with Crippen LogP contribution in [0.4, 0.5) is 8.78 Å². The van der Waals surface area contributed by atoms with E-state index < -0.39 is 11.9 Å². The molecule has 1 atom stereocenters. The van der Waals surface area contributed by atoms with Gasteiger partial charge in [0, 0.05) is 35.5 Å². The van der Waals surface area contributed by atoms with Crippen LogP contribution in [0, 0.1) is 28.9 Å². The van der Waals surface area contributed by atoms with Crippen LogP contribution in [-0.2, 0) is 9.63 Å². The molecule has 1 aliphatic carbocycles. The first kappa shape index (κ1) is 18.8. The molecule has 2 aliphatic rings. The molecule has 152 valence electrons. The molecule has 1 aliphatic heterocycles. The van der Waals surface area contributed by atoms with Crippen molar-refractivity contribution in [1.82, 2.24) is 9.63 Å². The molecule has 2 aromatic carbocycles. The summed E-state index contributed by atoms with van der Waals surface area (Å²) in [5.74, 6) is -1.06. The van der Waals surface area contributed by atoms with E-state index in [-0.39, 0.29) is 29.2 Å². The lowest BCUT2D eigenvalue weighted by atomic mass is 9.79. The molecular weight excluding hydrogens is 388 g/mol. The Morgan fingerprint density at radius 3 is 2.73 bits per heavy atom. The lowest BCUT2D eigenvalue weighted by Gasteiger charge is -2.38. The van der Waals surface area contributed by atoms with Crippen LogP contribution in [0.5, 0.6) is 0 Å². The predicted molar refractivity (Wildman–Crippen MR) is 105 cm³/mol. The predicted octanol–water partition coefficient (Wildman–Crippen LogP) is 4.65. The van der Waals surface area contributed by atoms with Crippen molar-refractivity contribution in [3.8, 4) is 6.07 Å². The fourth-order valence-corrected chi connectivity index (χ4v) is 4.51. The summed E-state index contributed by atoms with van der Waals surface area (Å²) in [5, 5.41) is 11.3. The highest BCUT2D eigenvalue weighted by molar-refractivity contribution is 5.82. The summed E-state index contributed by atoms with van der Waals surface area (Å²) < 4.78 is 29.4. The molecule has 1 aromatic heterocycles. The van der Waals surface area contributed by atoms with Crippen LogP contribution in [0.25, 0.3) is 10.9 Å². The first-order valence-corrected chi connectivity index (χ1v) is 9.96. The number of rotatable bonds is 3. The molecule has 0 bridgehead atoms. The molecule has 0 spiro atoms. The molecule has 0 unspecified atom stereocenters. The van der Waals surface area contributed by atoms with Gasteiger partial charge in [-0.25, -0.2) is 13.8 Å². The Labute approximate surface area is 172 Å². The Balaban J connectivity index is 1.31. The molecule has 3 aromatic rings. The lowest BCUT2D eigenvalue weighted by Crippen LogP contribution is -2.41. The van der Waals surface area contributed by atoms with Gasteiger partial charge in [0.1, 0.15) is 11.6 Å². The van der Waals surface area contributed by atoms with E-state index in [0.717, 1.165) is 10.9 Å². The Morgan fingerprint density at radius 1 is 1.10 bits per heavy atom. The van der Waals surface area contributed by atoms with Crippen LogP contribution >= 0.6 is 0 Å². The summed E-state index contributed by atoms with van der Waals surface area (Å²) in [5.41, 5.74) is 1.75. The number of hydroxylamine groups is 2. The standard InChI is InChI=1S/C23H19F2N3O2/c24-18-1-2-21-15(9-18)3-5-27(21)20-11-17(12-20)23(29)28-22(4-6-30-28)16-7-14(13-26)8-19(25)10-16/h1-3,5,7-10,17,20,22H,4,6,11-12H2/t17?,20?,22-/m0/s1. The normalized spacial score (nSPS) is 23.4. The minimum Gasteiger partial charge on any atom is -0.344 e. The minimum atomic E-state index is -0.497. The highest BCUT2D eigenvalue weighted by Crippen LogP contribution is 2.43. The Hall–Kier alpha value is -3.24. The van der Waals surface area contributed by atoms with Crippen molar-refractivity contribution >= 4 is 16.8 Å². The van der Waals surface area contributed by atoms with Gasteiger partial charge in [0.15, 0.2) is 0 Å². The number of nitriles is 1. The second-order valence-corrected chi connectivity index (χ2v) is 7.94. The number of hydrogen-bond acceptors (Lipinski definition) is 3. The summed E-state index contributed by atoms with van der Waals surface area (Å²) in [7, 11) is 0. The third-order valence-corrected chi connectivity index (χ3v) is 6.09. The van der Waals surface area contributed by atoms with Crippen LogP contribution in [-0.4, -0.2) is 22.1 Å². The molecule has 1 saturated heterocycles. The summed E-state index contributed by atoms with van der Waals surface area (Å²) in [6, 6.07) is 12.5. The molecule has 1 amide bonds. The Morgan fingerprint density at radius 2 is 1.93 bits per heavy atom. The van der Waals surface area contributed by atoms with Gasteiger partial charge in [-0.3, -0.25) is 9.63 Å². The number of aromatic nitrogens is 1. The Kier molecular flexibility index (Phi) is 4.52. The van der Waals surface area contributed by atoms with E-state index >= 15 is 0 Å². The maximum absolute atomic E-state index is 13.9. The quantitative estimate of drug-likeness (QED) is 0.635. The van der Waals surface area contributed by atoms with Crippen molar-refractivity contribution in [2.75, 3.05) is 6.61 Å². The van der Waals surface area contributed by atoms with E-state index in [4.69, 9.17) is 10.1 Å². The smallest absolute Gasteiger partial charge is 0.249 e. The van der Waals surface area contributed by atoms with Crippen LogP contribution < -0.4 is 0 Å². The van der Waals surface area contributed by atoms with Crippen molar-refractivity contribution in [2.24, 2.45) is 5.92 Å². The molecule has 0 radical (unpaired) electrons. The number of nitrogens with zero attached hydrogens (tertiary/aromatic N) is 3. The van der Waals surface area contributed by atoms with E-state index in [0.29, 0.717) is 31.4 Å². The average Bonchev–Trinajstić information content (AvgIpc) is 3.33. The second kappa shape index (κ2) is 7.22. The molecule has 0 N–H and O–H groups in total. The molecule has 30 heavy (non-hydrogen) atoms. The van der Waals surface area contributed by atoms with E-state index in [9.17, 15) is 13.6 Å². The largest absolute Gasteiger partial charge is 0.344 e. The third kappa shape index (κ3) is 3.14. The first-order valence-electron chi connectivity index (χ1n) is 9.96. The van der Waals surface area contributed by atoms with Gasteiger partial charge in [-0.2, -0.15) is 5.26 Å². The van der Waals surface area contributed by atoms with Gasteiger partial charge in [0.05, 0.1) is 24.3 Å². The summed E-state index contributed by atoms with van der Waals surface area (Å²) in [6.45, 7) is 0.374. The average molecular weight is 407 g/mol. The third-order valence-electron chi connectivity index (χ3n) is 6.09. The zero-order valence-electron chi connectivity index (χ0n) is 16.1. The fraction of sp³-hybridized carbons (Fsp3) is 0.304. The molecule has 2 heterocycles. The molecule has 2 fully saturated rings. The van der Waals surface area contributed by atoms with Crippen LogP contribution in [0.2, 0.25) is 0 Å². The zero-order chi connectivity index (χ0) is 20.8. The number of carbonyl (C=O) groups excluding carboxylic acids is 1. The van der Waals surface area contributed by atoms with E-state index in [2.05, 4.69) is 4.57 Å². The van der Waals surface area contributed by atoms with Crippen molar-refractivity contribution in [1.29, 1.82) is 5.26 Å². The topological polar surface area (TPSA) is 58.3 Å². The van der Waals surface area contributed by atoms with Crippen LogP contribution in [0.3, 0.4) is 0 Å². The minimum absolute atomic E-state index is 0.112. The highest BCUT2D eigenvalue weighted by atomic mass is 19.1. The van der Waals surface area contributed by atoms with Gasteiger partial charge in [-0.1, -0.05) is 0 Å². The number of amides is 1. The van der Waals surface area contributed by atoms with Crippen molar-refractivity contribution in [3.05, 3.63) is 71.4 Å². The highest BCUT2D eigenvalue weighted by Gasteiger charge is 2.42. The monoisotopic (exact) mass is 407 g/mol. The van der Waals surface area contributed by atoms with Crippen molar-refractivity contribution < 1.29 is 18.4 Å². The van der Waals surface area contributed by atoms with Gasteiger partial charge >= 0.3 is 0 Å². The molecule has 7 heteroatoms. The van der Waals surface area contributed by atoms with E-state index in [1.54, 1.807) is 12.1 Å². The molecular formula is C23H19F2N3O2. The number of hydrogen-bond donors (Lipinski definition) is 0. The van der Waals surface area contributed by atoms with E-state index in [1.165, 1.54) is 29.3 Å². The van der Waals surface area contributed by atoms with Gasteiger partial charge in [-0.05, 0) is 60.9 Å². The SMILES string of the molecule is N#Cc1cc(F)cc([C@@H]2CCON2C(=O)C2CC(n3ccc4cc(F)ccc43)C2)c1. The van der Waals surface area contributed by atoms with Crippen LogP contribution in [0.15, 0.2) is 48.7 Å². The Bertz CT molecular complexity index is 1180. The summed E-state index contributed by atoms with van der Waals surface area (Å²) >= 11 is 0. The van der Waals surface area contributed by atoms with Crippen molar-refractivity contribution in [3.63, 3.8) is 0 Å². The van der Waals surface area contributed by atoms with Gasteiger partial charge in [0.25, 0.3) is 0 Å². The number of benzene rings is 2. The summed E-state index contributed by atoms with van der Waals surface area (Å²) in [4.78, 5) is 18.6. The van der Waals surface area contributed by atoms with Crippen LogP contribution in [0.1, 0.15) is 42.5 Å². The zero-order valence-corrected chi connectivity index (χ0v) is 16.1. The molecule has 5 nitrogen and oxygen atoms in total. The number of halogens is 2. The van der Waals surface area contributed by atoms with Gasteiger partial charge in [-0.15, -0.1) is 0 Å². The summed E-state index contributed by atoms with van der Waals surface area (Å²) in [6.07, 6.45) is 3.82. The number of carbonyl (C=O) groups is 1. The van der Waals surface area contributed by atoms with E-state index in [1.807, 2.05) is 18.3 Å². The van der Waals surface area contributed by atoms with Crippen molar-refractivity contribution in [2.45, 2.75) is 31.3 Å². The first-order chi connectivity index (χ1) is 14.5. The second-order valence-electron chi connectivity index (χ2n) is 7.94. The maximum Gasteiger partial charge on any atom is 0.249 e. The molecule has 1 saturated carbocycles. The van der Waals surface area contributed by atoms with Gasteiger partial charge in [0.2, 0.25) is 5.91 Å². The maximum atomic E-state index is 13.9. The number of fused-ring (bicyclic) bond motifs is 1. The molecule has 5 rings (SSSR count). The van der Waals surface area contributed by atoms with Gasteiger partial charge < -0.3 is 4.57 Å².